The molecular formula is C17H18ClNO4. The van der Waals surface area contributed by atoms with Gasteiger partial charge < -0.3 is 19.5 Å². The number of benzene rings is 2. The molecule has 0 aliphatic heterocycles. The van der Waals surface area contributed by atoms with Gasteiger partial charge in [0.2, 0.25) is 0 Å². The highest BCUT2D eigenvalue weighted by molar-refractivity contribution is 6.31. The summed E-state index contributed by atoms with van der Waals surface area (Å²) in [5.41, 5.74) is 0.940. The van der Waals surface area contributed by atoms with E-state index in [4.69, 9.17) is 25.8 Å². The lowest BCUT2D eigenvalue weighted by Crippen LogP contribution is -2.13. The molecule has 0 heterocycles. The summed E-state index contributed by atoms with van der Waals surface area (Å²) in [6.07, 6.45) is 0. The summed E-state index contributed by atoms with van der Waals surface area (Å²) in [6, 6.07) is 10.00. The smallest absolute Gasteiger partial charge is 0.255 e. The predicted molar refractivity (Wildman–Crippen MR) is 90.1 cm³/mol. The molecule has 2 rings (SSSR count). The maximum absolute atomic E-state index is 12.4. The minimum Gasteiger partial charge on any atom is -0.495 e. The number of anilines is 1. The third-order valence-corrected chi connectivity index (χ3v) is 3.37. The molecule has 0 spiro atoms. The van der Waals surface area contributed by atoms with Crippen molar-refractivity contribution in [3.63, 3.8) is 0 Å². The Balaban J connectivity index is 2.27. The van der Waals surface area contributed by atoms with Crippen LogP contribution in [0.5, 0.6) is 17.2 Å². The van der Waals surface area contributed by atoms with Gasteiger partial charge in [-0.15, -0.1) is 0 Å². The van der Waals surface area contributed by atoms with Gasteiger partial charge in [-0.1, -0.05) is 11.6 Å². The van der Waals surface area contributed by atoms with E-state index in [1.54, 1.807) is 43.5 Å². The van der Waals surface area contributed by atoms with Gasteiger partial charge in [-0.05, 0) is 43.3 Å². The summed E-state index contributed by atoms with van der Waals surface area (Å²) in [5, 5.41) is 3.29. The van der Waals surface area contributed by atoms with Crippen molar-refractivity contribution in [1.29, 1.82) is 0 Å². The molecule has 0 bridgehead atoms. The number of carbonyl (C=O) groups is 1. The highest BCUT2D eigenvalue weighted by atomic mass is 35.5. The lowest BCUT2D eigenvalue weighted by atomic mass is 10.1. The molecule has 1 N–H and O–H groups in total. The van der Waals surface area contributed by atoms with Crippen LogP contribution in [0.4, 0.5) is 5.69 Å². The molecule has 0 unspecified atom stereocenters. The van der Waals surface area contributed by atoms with Crippen molar-refractivity contribution in [2.75, 3.05) is 26.1 Å². The van der Waals surface area contributed by atoms with Crippen LogP contribution in [0.1, 0.15) is 17.3 Å². The number of hydrogen-bond donors (Lipinski definition) is 1. The van der Waals surface area contributed by atoms with Crippen LogP contribution in [-0.4, -0.2) is 26.7 Å². The first kappa shape index (κ1) is 17.0. The van der Waals surface area contributed by atoms with Crippen LogP contribution in [0.25, 0.3) is 0 Å². The van der Waals surface area contributed by atoms with Gasteiger partial charge in [0.25, 0.3) is 5.91 Å². The van der Waals surface area contributed by atoms with Crippen LogP contribution < -0.4 is 19.5 Å². The van der Waals surface area contributed by atoms with Crippen molar-refractivity contribution in [3.8, 4) is 17.2 Å². The van der Waals surface area contributed by atoms with E-state index < -0.39 is 0 Å². The van der Waals surface area contributed by atoms with E-state index >= 15 is 0 Å². The number of rotatable bonds is 6. The molecule has 23 heavy (non-hydrogen) atoms. The zero-order valence-corrected chi connectivity index (χ0v) is 13.9. The number of carbonyl (C=O) groups excluding carboxylic acids is 1. The van der Waals surface area contributed by atoms with Gasteiger partial charge in [0.1, 0.15) is 5.75 Å². The molecule has 1 amide bonds. The van der Waals surface area contributed by atoms with Crippen LogP contribution in [-0.2, 0) is 0 Å². The number of nitrogens with one attached hydrogen (secondary N) is 1. The van der Waals surface area contributed by atoms with Gasteiger partial charge in [-0.25, -0.2) is 0 Å². The average Bonchev–Trinajstić information content (AvgIpc) is 2.55. The van der Waals surface area contributed by atoms with Crippen molar-refractivity contribution in [2.24, 2.45) is 0 Å². The van der Waals surface area contributed by atoms with Crippen LogP contribution >= 0.6 is 11.6 Å². The number of amides is 1. The highest BCUT2D eigenvalue weighted by Gasteiger charge is 2.13. The van der Waals surface area contributed by atoms with Crippen LogP contribution in [0.15, 0.2) is 36.4 Å². The van der Waals surface area contributed by atoms with E-state index in [0.717, 1.165) is 0 Å². The molecule has 0 radical (unpaired) electrons. The lowest BCUT2D eigenvalue weighted by Gasteiger charge is -2.13. The molecule has 6 heteroatoms. The van der Waals surface area contributed by atoms with E-state index in [1.807, 2.05) is 6.92 Å². The first-order valence-electron chi connectivity index (χ1n) is 7.04. The summed E-state index contributed by atoms with van der Waals surface area (Å²) in [6.45, 7) is 2.34. The third kappa shape index (κ3) is 4.07. The van der Waals surface area contributed by atoms with Gasteiger partial charge in [-0.3, -0.25) is 4.79 Å². The first-order chi connectivity index (χ1) is 11.1. The SMILES string of the molecule is CCOc1cc(C(=O)Nc2cc(Cl)ccc2OC)ccc1OC. The van der Waals surface area contributed by atoms with Gasteiger partial charge in [0.05, 0.1) is 26.5 Å². The largest absolute Gasteiger partial charge is 0.495 e. The van der Waals surface area contributed by atoms with Crippen molar-refractivity contribution in [3.05, 3.63) is 47.0 Å². The summed E-state index contributed by atoms with van der Waals surface area (Å²) in [4.78, 5) is 12.4. The predicted octanol–water partition coefficient (Wildman–Crippen LogP) is 4.01. The number of hydrogen-bond acceptors (Lipinski definition) is 4. The topological polar surface area (TPSA) is 56.8 Å². The summed E-state index contributed by atoms with van der Waals surface area (Å²) >= 11 is 5.97. The van der Waals surface area contributed by atoms with E-state index in [-0.39, 0.29) is 5.91 Å². The molecule has 0 aromatic heterocycles. The number of ether oxygens (including phenoxy) is 3. The minimum absolute atomic E-state index is 0.297. The molecule has 0 fully saturated rings. The summed E-state index contributed by atoms with van der Waals surface area (Å²) < 4.78 is 15.9. The van der Waals surface area contributed by atoms with Gasteiger partial charge >= 0.3 is 0 Å². The fraction of sp³-hybridized carbons (Fsp3) is 0.235. The van der Waals surface area contributed by atoms with Crippen molar-refractivity contribution in [2.45, 2.75) is 6.92 Å². The normalized spacial score (nSPS) is 10.1. The van der Waals surface area contributed by atoms with Crippen LogP contribution in [0.3, 0.4) is 0 Å². The van der Waals surface area contributed by atoms with E-state index in [0.29, 0.717) is 40.1 Å². The van der Waals surface area contributed by atoms with E-state index in [2.05, 4.69) is 5.32 Å². The van der Waals surface area contributed by atoms with Crippen molar-refractivity contribution >= 4 is 23.2 Å². The molecule has 2 aromatic carbocycles. The maximum atomic E-state index is 12.4. The zero-order valence-electron chi connectivity index (χ0n) is 13.2. The molecule has 122 valence electrons. The van der Waals surface area contributed by atoms with Crippen molar-refractivity contribution < 1.29 is 19.0 Å². The molecule has 0 aliphatic rings. The molecule has 0 aliphatic carbocycles. The second-order valence-corrected chi connectivity index (χ2v) is 5.03. The fourth-order valence-electron chi connectivity index (χ4n) is 2.06. The van der Waals surface area contributed by atoms with E-state index in [9.17, 15) is 4.79 Å². The Morgan fingerprint density at radius 1 is 1.04 bits per heavy atom. The fourth-order valence-corrected chi connectivity index (χ4v) is 2.23. The molecule has 2 aromatic rings. The number of methoxy groups -OCH3 is 2. The summed E-state index contributed by atoms with van der Waals surface area (Å²) in [5.74, 6) is 1.32. The Morgan fingerprint density at radius 3 is 2.39 bits per heavy atom. The number of halogens is 1. The third-order valence-electron chi connectivity index (χ3n) is 3.14. The minimum atomic E-state index is -0.297. The van der Waals surface area contributed by atoms with Crippen LogP contribution in [0.2, 0.25) is 5.02 Å². The molecule has 0 saturated carbocycles. The second-order valence-electron chi connectivity index (χ2n) is 4.60. The Kier molecular flexibility index (Phi) is 5.71. The quantitative estimate of drug-likeness (QED) is 0.866. The Morgan fingerprint density at radius 2 is 1.74 bits per heavy atom. The molecule has 0 saturated heterocycles. The first-order valence-corrected chi connectivity index (χ1v) is 7.42. The zero-order chi connectivity index (χ0) is 16.8. The Hall–Kier alpha value is -2.40. The standard InChI is InChI=1S/C17H18ClNO4/c1-4-23-16-9-11(5-7-15(16)22-3)17(20)19-13-10-12(18)6-8-14(13)21-2/h5-10H,4H2,1-3H3,(H,19,20). The lowest BCUT2D eigenvalue weighted by molar-refractivity contribution is 0.102. The Bertz CT molecular complexity index is 703. The maximum Gasteiger partial charge on any atom is 0.255 e. The highest BCUT2D eigenvalue weighted by Crippen LogP contribution is 2.30. The van der Waals surface area contributed by atoms with Gasteiger partial charge in [-0.2, -0.15) is 0 Å². The monoisotopic (exact) mass is 335 g/mol. The van der Waals surface area contributed by atoms with E-state index in [1.165, 1.54) is 7.11 Å². The molecular weight excluding hydrogens is 318 g/mol. The second kappa shape index (κ2) is 7.74. The van der Waals surface area contributed by atoms with Crippen LogP contribution in [0, 0.1) is 0 Å². The molecule has 0 atom stereocenters. The summed E-state index contributed by atoms with van der Waals surface area (Å²) in [7, 11) is 3.08. The van der Waals surface area contributed by atoms with Gasteiger partial charge in [0.15, 0.2) is 11.5 Å². The average molecular weight is 336 g/mol. The van der Waals surface area contributed by atoms with Crippen molar-refractivity contribution in [1.82, 2.24) is 0 Å². The van der Waals surface area contributed by atoms with Gasteiger partial charge in [0, 0.05) is 10.6 Å². The molecule has 5 nitrogen and oxygen atoms in total. The Labute approximate surface area is 140 Å².